The Balaban J connectivity index is 0.000000128. The van der Waals surface area contributed by atoms with E-state index in [9.17, 15) is 46.1 Å². The second-order valence-corrected chi connectivity index (χ2v) is 29.0. The maximum absolute atomic E-state index is 14.0. The number of aliphatic hydroxyl groups is 5. The van der Waals surface area contributed by atoms with Crippen LogP contribution < -0.4 is 14.2 Å². The van der Waals surface area contributed by atoms with Gasteiger partial charge in [-0.3, -0.25) is 20.3 Å². The molecule has 18 nitrogen and oxygen atoms in total. The van der Waals surface area contributed by atoms with Crippen molar-refractivity contribution in [3.63, 3.8) is 0 Å². The Hall–Kier alpha value is -4.22. The van der Waals surface area contributed by atoms with E-state index in [-0.39, 0.29) is 113 Å². The highest BCUT2D eigenvalue weighted by Crippen LogP contribution is 2.70. The van der Waals surface area contributed by atoms with Gasteiger partial charge < -0.3 is 69.7 Å². The van der Waals surface area contributed by atoms with E-state index in [1.54, 1.807) is 18.2 Å². The van der Waals surface area contributed by atoms with Gasteiger partial charge in [0.05, 0.1) is 40.5 Å². The fourth-order valence-corrected chi connectivity index (χ4v) is 20.6. The molecule has 0 amide bonds. The Morgan fingerprint density at radius 1 is 0.567 bits per heavy atom. The van der Waals surface area contributed by atoms with Crippen LogP contribution in [0.1, 0.15) is 172 Å². The zero-order valence-corrected chi connectivity index (χ0v) is 49.0. The minimum atomic E-state index is -1.13. The fourth-order valence-electron chi connectivity index (χ4n) is 20.6. The van der Waals surface area contributed by atoms with E-state index < -0.39 is 33.0 Å². The monoisotopic (exact) mass is 1250 g/mol. The van der Waals surface area contributed by atoms with Gasteiger partial charge in [0, 0.05) is 92.3 Å². The summed E-state index contributed by atoms with van der Waals surface area (Å²) in [6.07, 6.45) is 18.2. The second-order valence-electron chi connectivity index (χ2n) is 29.0. The molecule has 10 N–H and O–H groups in total. The normalized spacial score (nSPS) is 40.3. The summed E-state index contributed by atoms with van der Waals surface area (Å²) < 4.78 is 23.8. The summed E-state index contributed by atoms with van der Waals surface area (Å²) in [5, 5.41) is 114. The van der Waals surface area contributed by atoms with Gasteiger partial charge in [-0.2, -0.15) is 0 Å². The van der Waals surface area contributed by atoms with Crippen LogP contribution in [0.15, 0.2) is 48.6 Å². The molecule has 16 aliphatic rings. The highest BCUT2D eigenvalue weighted by atomic mass is 17.0. The zero-order chi connectivity index (χ0) is 59.7. The number of phenols is 3. The lowest BCUT2D eigenvalue weighted by molar-refractivity contribution is -0.924. The minimum Gasteiger partial charge on any atom is -0.632 e. The molecule has 3 aromatic rings. The number of phenolic OH excluding ortho intramolecular Hbond substituents is 3. The molecule has 7 heterocycles. The number of hydrogen-bond acceptors (Lipinski definition) is 17. The van der Waals surface area contributed by atoms with E-state index in [2.05, 4.69) is 16.4 Å². The van der Waals surface area contributed by atoms with E-state index in [0.717, 1.165) is 136 Å². The lowest BCUT2D eigenvalue weighted by atomic mass is 9.47. The lowest BCUT2D eigenvalue weighted by Gasteiger charge is -2.68. The summed E-state index contributed by atoms with van der Waals surface area (Å²) >= 11 is 0. The minimum absolute atomic E-state index is 0. The molecule has 2 unspecified atom stereocenters. The molecule has 0 aromatic heterocycles. The van der Waals surface area contributed by atoms with Gasteiger partial charge in [-0.1, -0.05) is 66.9 Å². The van der Waals surface area contributed by atoms with Gasteiger partial charge in [-0.05, 0) is 182 Å². The molecule has 4 saturated heterocycles. The molecule has 6 bridgehead atoms. The third-order valence-electron chi connectivity index (χ3n) is 24.9. The number of likely N-dealkylation sites (tertiary alicyclic amines) is 3. The van der Waals surface area contributed by atoms with Gasteiger partial charge in [0.2, 0.25) is 0 Å². The van der Waals surface area contributed by atoms with Gasteiger partial charge >= 0.3 is 0 Å². The quantitative estimate of drug-likeness (QED) is 0.0258. The topological polar surface area (TPSA) is 269 Å². The van der Waals surface area contributed by atoms with Crippen LogP contribution in [0.3, 0.4) is 0 Å². The summed E-state index contributed by atoms with van der Waals surface area (Å²) in [5.41, 5.74) is 3.30. The highest BCUT2D eigenvalue weighted by Gasteiger charge is 2.77. The van der Waals surface area contributed by atoms with Gasteiger partial charge in [-0.25, -0.2) is 0 Å². The smallest absolute Gasteiger partial charge is 0.166 e. The van der Waals surface area contributed by atoms with Crippen LogP contribution in [0.2, 0.25) is 0 Å². The van der Waals surface area contributed by atoms with Crippen LogP contribution in [0.25, 0.3) is 0 Å². The van der Waals surface area contributed by atoms with Gasteiger partial charge in [0.1, 0.15) is 30.0 Å². The van der Waals surface area contributed by atoms with Crippen LogP contribution in [-0.2, 0) is 40.2 Å². The van der Waals surface area contributed by atoms with Crippen molar-refractivity contribution in [3.05, 3.63) is 87.1 Å². The molecule has 3 spiro atoms. The van der Waals surface area contributed by atoms with E-state index in [0.29, 0.717) is 76.2 Å². The SMILES string of the molecule is C.C.C.C.C=C1CC[C@@]2(O)[C@H]3Cc4ccc(O)c5c4[C@@]2(CCN3CC2CC2)[C@H]1O5.OC[C@H]1CC[C@@]2(O)[C@H]3Cc4ccc(O)c5c4[C@@]2(CCN3CC2CC2)[C@H]1O5.OO.[BH3-]C1CCCO1.[O-][N+]1(CC2CC2)CC[C@]23c4c5ccc(O)c4O[C@H]2[C@@H](CO)CC[C@@]3(O)[C@H]1C5. The number of rotatable bonds is 8. The summed E-state index contributed by atoms with van der Waals surface area (Å²) in [7, 11) is 0.521. The van der Waals surface area contributed by atoms with Crippen molar-refractivity contribution in [2.24, 2.45) is 29.6 Å². The standard InChI is InChI=1S/C21H27NO5.C21H27NO4.C21H25NO3.C4H10BO.4CH4.H2O2/c23-11-14-5-6-21(25)16-9-13-3-4-15(24)18-17(13)20(21,19(14)27-18)7-8-22(16,26)10-12-1-2-12;23-11-14-5-6-21(25)16-9-13-3-4-15(24)18-17(13)20(21,19(14)26-18)7-8-22(16)10-12-1-2-12;1-12-6-7-21(24)16-10-14-4-5-15(23)18-17(14)20(21,19(12)25-18)8-9-22(16)11-13-2-3-13;5-4-2-1-3-6-4;;;;;1-2/h3-4,12,14,16,19,23-25H,1-2,5-11H2;3-4,12,14,16,19,23-25H,1-2,5-11H2;4-5,13,16,19,23-24H,1-3,6-11H2;4H,1-3H2,5H3;4*1H4;1-2H/q;;;-1;;;;;/t14-,16-,19+,20+,21-,22?;14-,16-,19+,20+,21-;16-,19+,20+,21-;;;;;;/m111....../s1. The van der Waals surface area contributed by atoms with Crippen LogP contribution in [-0.4, -0.2) is 192 Å². The third kappa shape index (κ3) is 9.35. The first kappa shape index (κ1) is 67.2. The van der Waals surface area contributed by atoms with Crippen molar-refractivity contribution in [2.75, 3.05) is 59.1 Å². The first-order chi connectivity index (χ1) is 41.4. The van der Waals surface area contributed by atoms with Crippen molar-refractivity contribution < 1.29 is 75.0 Å². The lowest BCUT2D eigenvalue weighted by Crippen LogP contribution is -2.80. The second kappa shape index (κ2) is 23.9. The van der Waals surface area contributed by atoms with Gasteiger partial charge in [0.15, 0.2) is 34.5 Å². The predicted octanol–water partition coefficient (Wildman–Crippen LogP) is 7.70. The van der Waals surface area contributed by atoms with Gasteiger partial charge in [0.25, 0.3) is 0 Å². The van der Waals surface area contributed by atoms with E-state index in [4.69, 9.17) is 29.5 Å². The molecule has 3 aromatic carbocycles. The Morgan fingerprint density at radius 2 is 1.02 bits per heavy atom. The largest absolute Gasteiger partial charge is 0.632 e. The van der Waals surface area contributed by atoms with Crippen LogP contribution in [0.4, 0.5) is 0 Å². The number of quaternary nitrogens is 1. The van der Waals surface area contributed by atoms with E-state index in [1.165, 1.54) is 49.7 Å². The van der Waals surface area contributed by atoms with Crippen molar-refractivity contribution in [1.82, 2.24) is 9.80 Å². The molecule has 16 atom stereocenters. The average molecular weight is 1250 g/mol. The number of ether oxygens (including phenoxy) is 4. The summed E-state index contributed by atoms with van der Waals surface area (Å²) in [5.74, 6) is 4.19. The Kier molecular flexibility index (Phi) is 17.9. The fraction of sp³-hybridized carbons (Fsp3) is 0.718. The third-order valence-corrected chi connectivity index (χ3v) is 24.9. The summed E-state index contributed by atoms with van der Waals surface area (Å²) in [4.78, 5) is 5.09. The Labute approximate surface area is 534 Å². The molecule has 19 heteroatoms. The number of aromatic hydroxyl groups is 3. The number of piperidine rings is 3. The predicted molar refractivity (Wildman–Crippen MR) is 348 cm³/mol. The first-order valence-electron chi connectivity index (χ1n) is 32.4. The molecule has 7 aliphatic heterocycles. The maximum atomic E-state index is 14.0. The van der Waals surface area contributed by atoms with Gasteiger partial charge in [-0.15, -0.1) is 0 Å². The van der Waals surface area contributed by atoms with Crippen LogP contribution >= 0.6 is 0 Å². The van der Waals surface area contributed by atoms with E-state index >= 15 is 0 Å². The van der Waals surface area contributed by atoms with E-state index in [1.807, 2.05) is 18.2 Å². The highest BCUT2D eigenvalue weighted by molar-refractivity contribution is 6.11. The van der Waals surface area contributed by atoms with Crippen molar-refractivity contribution in [2.45, 2.75) is 234 Å². The molecule has 0 radical (unpaired) electrons. The number of nitrogens with zero attached hydrogens (tertiary/aromatic N) is 3. The number of hydroxylamine groups is 3. The summed E-state index contributed by atoms with van der Waals surface area (Å²) in [6, 6.07) is 11.8. The number of benzene rings is 3. The number of aliphatic hydroxyl groups excluding tert-OH is 2. The molecule has 19 rings (SSSR count). The molecular weight excluding hydrogens is 1150 g/mol. The molecule has 6 saturated carbocycles. The van der Waals surface area contributed by atoms with Crippen molar-refractivity contribution >= 4 is 7.85 Å². The molecular formula is C71H107BN3O15-. The Morgan fingerprint density at radius 3 is 1.49 bits per heavy atom. The Bertz CT molecular complexity index is 3170. The molecule has 500 valence electrons. The summed E-state index contributed by atoms with van der Waals surface area (Å²) in [6.45, 7) is 10.7. The number of hydrogen-bond donors (Lipinski definition) is 10. The maximum Gasteiger partial charge on any atom is 0.166 e. The first-order valence-corrected chi connectivity index (χ1v) is 32.4. The average Bonchev–Trinajstić information content (AvgIpc) is 1.60. The molecule has 10 fully saturated rings. The van der Waals surface area contributed by atoms with Crippen molar-refractivity contribution in [1.29, 1.82) is 0 Å². The molecule has 90 heavy (non-hydrogen) atoms. The van der Waals surface area contributed by atoms with Crippen molar-refractivity contribution in [3.8, 4) is 34.5 Å². The molecule has 9 aliphatic carbocycles. The van der Waals surface area contributed by atoms with Crippen LogP contribution in [0, 0.1) is 34.8 Å². The zero-order valence-electron chi connectivity index (χ0n) is 49.0. The van der Waals surface area contributed by atoms with Crippen LogP contribution in [0.5, 0.6) is 34.5 Å².